The predicted octanol–water partition coefficient (Wildman–Crippen LogP) is 0.417. The van der Waals surface area contributed by atoms with E-state index < -0.39 is 13.8 Å². The van der Waals surface area contributed by atoms with Crippen LogP contribution in [-0.2, 0) is 9.36 Å². The fraction of sp³-hybridized carbons (Fsp3) is 0.800. The van der Waals surface area contributed by atoms with Gasteiger partial charge < -0.3 is 5.11 Å². The van der Waals surface area contributed by atoms with Crippen LogP contribution in [0.1, 0.15) is 0 Å². The lowest BCUT2D eigenvalue weighted by Crippen LogP contribution is -2.24. The molecule has 1 N–H and O–H groups in total. The molecule has 0 aliphatic carbocycles. The standard InChI is InChI=1S/C5H10NO3P/c1-6(3-5(7)8)4-10(2)9/h3-4H2,1-2H3/p+1. The zero-order valence-electron chi connectivity index (χ0n) is 6.07. The lowest BCUT2D eigenvalue weighted by atomic mass is 10.6. The van der Waals surface area contributed by atoms with Gasteiger partial charge in [-0.05, 0) is 7.05 Å². The summed E-state index contributed by atoms with van der Waals surface area (Å²) in [6, 6.07) is 0. The van der Waals surface area contributed by atoms with Gasteiger partial charge in [0.1, 0.15) is 6.66 Å². The Balaban J connectivity index is 3.53. The Morgan fingerprint density at radius 3 is 2.50 bits per heavy atom. The molecule has 0 aliphatic rings. The van der Waals surface area contributed by atoms with Gasteiger partial charge in [0.05, 0.1) is 6.54 Å². The van der Waals surface area contributed by atoms with Crippen molar-refractivity contribution >= 4 is 13.8 Å². The molecular weight excluding hydrogens is 153 g/mol. The molecule has 0 rings (SSSR count). The van der Waals surface area contributed by atoms with Crippen LogP contribution in [0, 0.1) is 0 Å². The van der Waals surface area contributed by atoms with Gasteiger partial charge in [-0.1, -0.05) is 4.57 Å². The normalized spacial score (nSPS) is 11.7. The van der Waals surface area contributed by atoms with Gasteiger partial charge in [-0.3, -0.25) is 9.69 Å². The number of carboxylic acid groups (broad SMARTS) is 1. The van der Waals surface area contributed by atoms with E-state index in [1.807, 2.05) is 0 Å². The van der Waals surface area contributed by atoms with E-state index in [-0.39, 0.29) is 6.54 Å². The molecule has 0 bridgehead atoms. The first-order valence-corrected chi connectivity index (χ1v) is 4.70. The van der Waals surface area contributed by atoms with Crippen molar-refractivity contribution in [1.82, 2.24) is 4.90 Å². The molecule has 0 aliphatic heterocycles. The lowest BCUT2D eigenvalue weighted by Gasteiger charge is -2.04. The smallest absolute Gasteiger partial charge is 0.351 e. The van der Waals surface area contributed by atoms with E-state index in [2.05, 4.69) is 0 Å². The van der Waals surface area contributed by atoms with Crippen molar-refractivity contribution < 1.29 is 14.5 Å². The van der Waals surface area contributed by atoms with Crippen LogP contribution in [0.5, 0.6) is 0 Å². The topological polar surface area (TPSA) is 57.6 Å². The number of hydrogen-bond donors (Lipinski definition) is 1. The summed E-state index contributed by atoms with van der Waals surface area (Å²) in [5.74, 6) is -0.889. The minimum atomic E-state index is -1.26. The highest BCUT2D eigenvalue weighted by atomic mass is 31.1. The van der Waals surface area contributed by atoms with E-state index in [0.29, 0.717) is 6.29 Å². The third-order valence-electron chi connectivity index (χ3n) is 0.846. The van der Waals surface area contributed by atoms with Crippen LogP contribution in [-0.4, -0.2) is 42.5 Å². The summed E-state index contributed by atoms with van der Waals surface area (Å²) in [6.07, 6.45) is 0.349. The molecule has 0 aromatic carbocycles. The summed E-state index contributed by atoms with van der Waals surface area (Å²) in [4.78, 5) is 11.6. The molecule has 5 heteroatoms. The maximum Gasteiger partial charge on any atom is 0.351 e. The molecule has 1 unspecified atom stereocenters. The molecule has 1 atom stereocenters. The second kappa shape index (κ2) is 4.36. The number of hydrogen-bond acceptors (Lipinski definition) is 3. The van der Waals surface area contributed by atoms with Crippen molar-refractivity contribution in [1.29, 1.82) is 0 Å². The van der Waals surface area contributed by atoms with Crippen LogP contribution in [0.3, 0.4) is 0 Å². The van der Waals surface area contributed by atoms with Crippen LogP contribution < -0.4 is 0 Å². The second-order valence-electron chi connectivity index (χ2n) is 2.18. The van der Waals surface area contributed by atoms with Crippen LogP contribution in [0.4, 0.5) is 0 Å². The number of nitrogens with zero attached hydrogens (tertiary/aromatic N) is 1. The highest BCUT2D eigenvalue weighted by molar-refractivity contribution is 7.43. The average molecular weight is 164 g/mol. The quantitative estimate of drug-likeness (QED) is 0.611. The Morgan fingerprint density at radius 2 is 2.20 bits per heavy atom. The van der Waals surface area contributed by atoms with Gasteiger partial charge in [-0.2, -0.15) is 0 Å². The Hall–Kier alpha value is -0.470. The average Bonchev–Trinajstić information content (AvgIpc) is 1.58. The van der Waals surface area contributed by atoms with Gasteiger partial charge in [0.25, 0.3) is 0 Å². The molecule has 0 amide bonds. The third-order valence-corrected chi connectivity index (χ3v) is 1.73. The summed E-state index contributed by atoms with van der Waals surface area (Å²) >= 11 is 0. The van der Waals surface area contributed by atoms with Crippen molar-refractivity contribution in [3.05, 3.63) is 0 Å². The van der Waals surface area contributed by atoms with Crippen LogP contribution in [0.15, 0.2) is 0 Å². The van der Waals surface area contributed by atoms with Crippen LogP contribution in [0.2, 0.25) is 0 Å². The minimum absolute atomic E-state index is 0.0467. The Labute approximate surface area is 60.6 Å². The SMILES string of the molecule is CN(CC(=O)O)C[P+](C)=O. The van der Waals surface area contributed by atoms with Gasteiger partial charge in [0.15, 0.2) is 6.29 Å². The highest BCUT2D eigenvalue weighted by Gasteiger charge is 2.12. The van der Waals surface area contributed by atoms with Gasteiger partial charge in [0.2, 0.25) is 0 Å². The monoisotopic (exact) mass is 164 g/mol. The minimum Gasteiger partial charge on any atom is -0.480 e. The molecule has 10 heavy (non-hydrogen) atoms. The first-order valence-electron chi connectivity index (χ1n) is 2.81. The van der Waals surface area contributed by atoms with Crippen molar-refractivity contribution in [2.75, 3.05) is 26.5 Å². The molecule has 0 radical (unpaired) electrons. The van der Waals surface area contributed by atoms with Gasteiger partial charge >= 0.3 is 13.8 Å². The number of carbonyl (C=O) groups is 1. The Morgan fingerprint density at radius 1 is 1.70 bits per heavy atom. The fourth-order valence-electron chi connectivity index (χ4n) is 0.621. The summed E-state index contributed by atoms with van der Waals surface area (Å²) in [5, 5.41) is 8.26. The van der Waals surface area contributed by atoms with Crippen molar-refractivity contribution in [2.24, 2.45) is 0 Å². The molecule has 0 saturated heterocycles. The van der Waals surface area contributed by atoms with E-state index >= 15 is 0 Å². The van der Waals surface area contributed by atoms with Gasteiger partial charge in [0, 0.05) is 0 Å². The first-order chi connectivity index (χ1) is 4.52. The Kier molecular flexibility index (Phi) is 4.16. The van der Waals surface area contributed by atoms with Crippen LogP contribution in [0.25, 0.3) is 0 Å². The largest absolute Gasteiger partial charge is 0.480 e. The molecule has 0 spiro atoms. The number of aliphatic carboxylic acids is 1. The molecule has 58 valence electrons. The molecule has 0 heterocycles. The summed E-state index contributed by atoms with van der Waals surface area (Å²) in [5.41, 5.74) is 0. The predicted molar refractivity (Wildman–Crippen MR) is 38.7 cm³/mol. The molecule has 0 aromatic heterocycles. The molecule has 0 saturated carbocycles. The lowest BCUT2D eigenvalue weighted by molar-refractivity contribution is -0.137. The van der Waals surface area contributed by atoms with Crippen molar-refractivity contribution in [2.45, 2.75) is 0 Å². The summed E-state index contributed by atoms with van der Waals surface area (Å²) < 4.78 is 10.5. The van der Waals surface area contributed by atoms with Crippen LogP contribution >= 0.6 is 7.80 Å². The zero-order valence-corrected chi connectivity index (χ0v) is 6.97. The van der Waals surface area contributed by atoms with Crippen molar-refractivity contribution in [3.63, 3.8) is 0 Å². The van der Waals surface area contributed by atoms with Crippen molar-refractivity contribution in [3.8, 4) is 0 Å². The molecule has 4 nitrogen and oxygen atoms in total. The molecule has 0 fully saturated rings. The van der Waals surface area contributed by atoms with E-state index in [9.17, 15) is 9.36 Å². The first kappa shape index (κ1) is 9.53. The van der Waals surface area contributed by atoms with Gasteiger partial charge in [-0.25, -0.2) is 0 Å². The van der Waals surface area contributed by atoms with Gasteiger partial charge in [-0.15, -0.1) is 0 Å². The van der Waals surface area contributed by atoms with E-state index in [4.69, 9.17) is 5.11 Å². The highest BCUT2D eigenvalue weighted by Crippen LogP contribution is 2.13. The van der Waals surface area contributed by atoms with E-state index in [0.717, 1.165) is 0 Å². The number of rotatable bonds is 4. The summed E-state index contributed by atoms with van der Waals surface area (Å²) in [6.45, 7) is 1.53. The number of likely N-dealkylation sites (N-methyl/N-ethyl adjacent to an activating group) is 1. The maximum absolute atomic E-state index is 10.5. The zero-order chi connectivity index (χ0) is 8.15. The fourth-order valence-corrected chi connectivity index (χ4v) is 1.40. The number of carboxylic acids is 1. The second-order valence-corrected chi connectivity index (χ2v) is 3.72. The molecular formula is C5H11NO3P+. The maximum atomic E-state index is 10.5. The third kappa shape index (κ3) is 5.66. The summed E-state index contributed by atoms with van der Waals surface area (Å²) in [7, 11) is 0.372. The molecule has 0 aromatic rings. The van der Waals surface area contributed by atoms with E-state index in [1.54, 1.807) is 13.7 Å². The van der Waals surface area contributed by atoms with E-state index in [1.165, 1.54) is 4.90 Å². The Bertz CT molecular complexity index is 132.